The molecule has 0 aromatic heterocycles. The molecule has 17 atom stereocenters. The zero-order valence-electron chi connectivity index (χ0n) is 41.5. The molecular weight excluding hydrogens is 903 g/mol. The van der Waals surface area contributed by atoms with E-state index in [1.165, 1.54) is 96.3 Å². The van der Waals surface area contributed by atoms with E-state index in [4.69, 9.17) is 28.4 Å². The van der Waals surface area contributed by atoms with Crippen molar-refractivity contribution in [3.05, 3.63) is 12.2 Å². The molecule has 0 aromatic rings. The summed E-state index contributed by atoms with van der Waals surface area (Å²) in [5.41, 5.74) is 0. The molecule has 1 amide bonds. The lowest BCUT2D eigenvalue weighted by Crippen LogP contribution is -2.66. The molecule has 0 aromatic carbocycles. The van der Waals surface area contributed by atoms with Crippen molar-refractivity contribution < 1.29 is 89.4 Å². The van der Waals surface area contributed by atoms with Crippen molar-refractivity contribution in [2.24, 2.45) is 0 Å². The highest BCUT2D eigenvalue weighted by atomic mass is 16.8. The van der Waals surface area contributed by atoms with Crippen molar-refractivity contribution in [1.29, 1.82) is 0 Å². The lowest BCUT2D eigenvalue weighted by Gasteiger charge is -2.48. The van der Waals surface area contributed by atoms with E-state index < -0.39 is 124 Å². The highest BCUT2D eigenvalue weighted by molar-refractivity contribution is 5.76. The molecule has 19 heteroatoms. The first-order chi connectivity index (χ1) is 33.3. The third kappa shape index (κ3) is 21.5. The van der Waals surface area contributed by atoms with E-state index in [0.717, 1.165) is 44.9 Å². The summed E-state index contributed by atoms with van der Waals surface area (Å²) in [6.07, 6.45) is 4.44. The lowest BCUT2D eigenvalue weighted by atomic mass is 9.96. The van der Waals surface area contributed by atoms with Crippen LogP contribution in [0.25, 0.3) is 0 Å². The molecule has 406 valence electrons. The number of allylic oxidation sites excluding steroid dienone is 1. The number of hydrogen-bond donors (Lipinski definition) is 12. The minimum absolute atomic E-state index is 0.237. The van der Waals surface area contributed by atoms with Crippen LogP contribution in [-0.4, -0.2) is 193 Å². The normalized spacial score (nSPS) is 32.9. The summed E-state index contributed by atoms with van der Waals surface area (Å²) >= 11 is 0. The summed E-state index contributed by atoms with van der Waals surface area (Å²) in [6, 6.07) is -0.962. The quantitative estimate of drug-likeness (QED) is 0.0314. The first-order valence-corrected chi connectivity index (χ1v) is 26.4. The van der Waals surface area contributed by atoms with Crippen molar-refractivity contribution >= 4 is 5.91 Å². The summed E-state index contributed by atoms with van der Waals surface area (Å²) in [7, 11) is 0. The van der Waals surface area contributed by atoms with Gasteiger partial charge >= 0.3 is 0 Å². The van der Waals surface area contributed by atoms with Crippen LogP contribution in [0.4, 0.5) is 0 Å². The SMILES string of the molecule is CCCCCCCCCCCCCCCCCCCC/C=C/C(O)C(COC1OC(CO)C(OC2OC(CO)C(OC3OC(CO)C(O)C(O)C3O)C(O)C2O)C(O)C1O)NC(=O)CCCCCC. The van der Waals surface area contributed by atoms with E-state index >= 15 is 0 Å². The second-order valence-corrected chi connectivity index (χ2v) is 19.3. The van der Waals surface area contributed by atoms with Crippen LogP contribution in [0, 0.1) is 0 Å². The first-order valence-electron chi connectivity index (χ1n) is 26.4. The number of aliphatic hydroxyl groups excluding tert-OH is 11. The predicted octanol–water partition coefficient (Wildman–Crippen LogP) is 2.26. The Balaban J connectivity index is 1.47. The van der Waals surface area contributed by atoms with Crippen LogP contribution < -0.4 is 5.32 Å². The van der Waals surface area contributed by atoms with Gasteiger partial charge < -0.3 is 89.9 Å². The number of carbonyl (C=O) groups is 1. The van der Waals surface area contributed by atoms with Crippen molar-refractivity contribution in [3.8, 4) is 0 Å². The maximum atomic E-state index is 13.0. The summed E-state index contributed by atoms with van der Waals surface area (Å²) < 4.78 is 34.0. The van der Waals surface area contributed by atoms with Gasteiger partial charge in [0.25, 0.3) is 0 Å². The van der Waals surface area contributed by atoms with Crippen LogP contribution in [0.5, 0.6) is 0 Å². The maximum absolute atomic E-state index is 13.0. The van der Waals surface area contributed by atoms with Gasteiger partial charge in [0.1, 0.15) is 73.2 Å². The number of unbranched alkanes of at least 4 members (excludes halogenated alkanes) is 21. The molecule has 19 nitrogen and oxygen atoms in total. The van der Waals surface area contributed by atoms with Gasteiger partial charge in [-0.1, -0.05) is 154 Å². The van der Waals surface area contributed by atoms with Crippen LogP contribution in [0.1, 0.15) is 168 Å². The molecule has 3 saturated heterocycles. The second-order valence-electron chi connectivity index (χ2n) is 19.3. The molecule has 3 fully saturated rings. The Hall–Kier alpha value is -1.47. The van der Waals surface area contributed by atoms with Gasteiger partial charge in [-0.25, -0.2) is 0 Å². The molecule has 69 heavy (non-hydrogen) atoms. The van der Waals surface area contributed by atoms with Crippen molar-refractivity contribution in [2.75, 3.05) is 26.4 Å². The van der Waals surface area contributed by atoms with E-state index in [9.17, 15) is 61.0 Å². The molecule has 12 N–H and O–H groups in total. The smallest absolute Gasteiger partial charge is 0.220 e. The van der Waals surface area contributed by atoms with Crippen LogP contribution >= 0.6 is 0 Å². The first kappa shape index (κ1) is 61.8. The zero-order valence-corrected chi connectivity index (χ0v) is 41.5. The Morgan fingerprint density at radius 3 is 1.36 bits per heavy atom. The van der Waals surface area contributed by atoms with E-state index in [0.29, 0.717) is 6.42 Å². The van der Waals surface area contributed by atoms with Crippen molar-refractivity contribution in [1.82, 2.24) is 5.32 Å². The number of aliphatic hydroxyl groups is 11. The summed E-state index contributed by atoms with van der Waals surface area (Å²) in [5.74, 6) is -0.294. The molecule has 0 spiro atoms. The molecule has 17 unspecified atom stereocenters. The van der Waals surface area contributed by atoms with E-state index in [-0.39, 0.29) is 18.9 Å². The fraction of sp³-hybridized carbons (Fsp3) is 0.940. The molecule has 3 aliphatic heterocycles. The number of nitrogens with one attached hydrogen (secondary N) is 1. The molecule has 0 radical (unpaired) electrons. The monoisotopic (exact) mass is 996 g/mol. The molecule has 0 saturated carbocycles. The Labute approximate surface area is 410 Å². The van der Waals surface area contributed by atoms with Gasteiger partial charge in [0.15, 0.2) is 18.9 Å². The van der Waals surface area contributed by atoms with E-state index in [1.54, 1.807) is 6.08 Å². The third-order valence-corrected chi connectivity index (χ3v) is 13.6. The van der Waals surface area contributed by atoms with Gasteiger partial charge in [0.05, 0.1) is 38.6 Å². The molecule has 3 aliphatic rings. The molecule has 3 rings (SSSR count). The average Bonchev–Trinajstić information content (AvgIpc) is 3.34. The van der Waals surface area contributed by atoms with Crippen LogP contribution in [0.15, 0.2) is 12.2 Å². The Bertz CT molecular complexity index is 1330. The van der Waals surface area contributed by atoms with Crippen molar-refractivity contribution in [2.45, 2.75) is 272 Å². The minimum atomic E-state index is -1.97. The largest absolute Gasteiger partial charge is 0.394 e. The Morgan fingerprint density at radius 1 is 0.507 bits per heavy atom. The fourth-order valence-corrected chi connectivity index (χ4v) is 9.13. The van der Waals surface area contributed by atoms with Crippen LogP contribution in [-0.2, 0) is 33.2 Å². The minimum Gasteiger partial charge on any atom is -0.394 e. The van der Waals surface area contributed by atoms with Gasteiger partial charge in [-0.05, 0) is 19.3 Å². The third-order valence-electron chi connectivity index (χ3n) is 13.6. The molecule has 0 aliphatic carbocycles. The standard InChI is InChI=1S/C50H93NO18/c1-3-5-7-9-10-11-12-13-14-15-16-17-18-19-20-21-22-23-24-25-27-34(55)33(51-38(56)28-26-8-6-4-2)32-64-48-44(62)41(59)46(36(30-53)66-48)69-50-45(63)42(60)47(37(31-54)67-50)68-49-43(61)40(58)39(57)35(29-52)65-49/h25,27,33-37,39-50,52-55,57-63H,3-24,26,28-32H2,1-2H3,(H,51,56)/b27-25+. The van der Waals surface area contributed by atoms with Gasteiger partial charge in [-0.15, -0.1) is 0 Å². The van der Waals surface area contributed by atoms with Crippen LogP contribution in [0.3, 0.4) is 0 Å². The van der Waals surface area contributed by atoms with Gasteiger partial charge in [0.2, 0.25) is 5.91 Å². The second kappa shape index (κ2) is 35.6. The fourth-order valence-electron chi connectivity index (χ4n) is 9.13. The predicted molar refractivity (Wildman–Crippen MR) is 254 cm³/mol. The summed E-state index contributed by atoms with van der Waals surface area (Å²) in [4.78, 5) is 13.0. The molecule has 0 bridgehead atoms. The molecule has 3 heterocycles. The van der Waals surface area contributed by atoms with Gasteiger partial charge in [0, 0.05) is 6.42 Å². The number of ether oxygens (including phenoxy) is 6. The number of rotatable bonds is 37. The van der Waals surface area contributed by atoms with Crippen LogP contribution in [0.2, 0.25) is 0 Å². The number of carbonyl (C=O) groups excluding carboxylic acids is 1. The Kier molecular flexibility index (Phi) is 31.9. The van der Waals surface area contributed by atoms with E-state index in [1.807, 2.05) is 6.08 Å². The highest BCUT2D eigenvalue weighted by Crippen LogP contribution is 2.33. The highest BCUT2D eigenvalue weighted by Gasteiger charge is 2.53. The van der Waals surface area contributed by atoms with Crippen molar-refractivity contribution in [3.63, 3.8) is 0 Å². The van der Waals surface area contributed by atoms with Gasteiger partial charge in [-0.3, -0.25) is 4.79 Å². The average molecular weight is 996 g/mol. The van der Waals surface area contributed by atoms with E-state index in [2.05, 4.69) is 19.2 Å². The topological polar surface area (TPSA) is 307 Å². The number of hydrogen-bond acceptors (Lipinski definition) is 18. The number of amides is 1. The summed E-state index contributed by atoms with van der Waals surface area (Å²) in [6.45, 7) is 1.56. The summed E-state index contributed by atoms with van der Waals surface area (Å²) in [5, 5.41) is 119. The Morgan fingerprint density at radius 2 is 0.899 bits per heavy atom. The zero-order chi connectivity index (χ0) is 50.6. The maximum Gasteiger partial charge on any atom is 0.220 e. The molecular formula is C50H93NO18. The lowest BCUT2D eigenvalue weighted by molar-refractivity contribution is -0.379. The van der Waals surface area contributed by atoms with Gasteiger partial charge in [-0.2, -0.15) is 0 Å².